The summed E-state index contributed by atoms with van der Waals surface area (Å²) < 4.78 is 0. The molecule has 8 nitrogen and oxygen atoms in total. The third-order valence-corrected chi connectivity index (χ3v) is 5.29. The highest BCUT2D eigenvalue weighted by Crippen LogP contribution is 2.15. The van der Waals surface area contributed by atoms with Crippen molar-refractivity contribution < 1.29 is 14.5 Å². The van der Waals surface area contributed by atoms with Crippen LogP contribution in [-0.4, -0.2) is 58.8 Å². The summed E-state index contributed by atoms with van der Waals surface area (Å²) in [4.78, 5) is 39.4. The van der Waals surface area contributed by atoms with Crippen molar-refractivity contribution in [3.8, 4) is 0 Å². The van der Waals surface area contributed by atoms with E-state index in [9.17, 15) is 19.7 Å². The van der Waals surface area contributed by atoms with Gasteiger partial charge < -0.3 is 10.2 Å². The summed E-state index contributed by atoms with van der Waals surface area (Å²) >= 11 is 5.92. The number of nitrogens with zero attached hydrogens (tertiary/aromatic N) is 3. The van der Waals surface area contributed by atoms with Crippen molar-refractivity contribution >= 4 is 29.1 Å². The Balaban J connectivity index is 1.50. The van der Waals surface area contributed by atoms with E-state index < -0.39 is 16.9 Å². The zero-order valence-electron chi connectivity index (χ0n) is 16.6. The summed E-state index contributed by atoms with van der Waals surface area (Å²) in [6.07, 6.45) is 0. The highest BCUT2D eigenvalue weighted by Gasteiger charge is 2.26. The van der Waals surface area contributed by atoms with Gasteiger partial charge in [-0.15, -0.1) is 0 Å². The topological polar surface area (TPSA) is 95.8 Å². The molecule has 1 atom stereocenters. The molecule has 1 aliphatic rings. The Bertz CT molecular complexity index is 927. The highest BCUT2D eigenvalue weighted by atomic mass is 35.5. The van der Waals surface area contributed by atoms with Crippen LogP contribution in [0.5, 0.6) is 0 Å². The Morgan fingerprint density at radius 1 is 1.13 bits per heavy atom. The van der Waals surface area contributed by atoms with Gasteiger partial charge in [-0.05, 0) is 30.7 Å². The molecular weight excluding hydrogens is 408 g/mol. The second-order valence-electron chi connectivity index (χ2n) is 7.23. The van der Waals surface area contributed by atoms with Crippen LogP contribution in [0.1, 0.15) is 22.8 Å². The Hall–Kier alpha value is -2.97. The average Bonchev–Trinajstić information content (AvgIpc) is 2.75. The number of benzene rings is 2. The van der Waals surface area contributed by atoms with Crippen LogP contribution in [0.4, 0.5) is 5.69 Å². The summed E-state index contributed by atoms with van der Waals surface area (Å²) in [5, 5.41) is 14.2. The van der Waals surface area contributed by atoms with Crippen LogP contribution in [-0.2, 0) is 11.3 Å². The number of nitro benzene ring substituents is 1. The van der Waals surface area contributed by atoms with Gasteiger partial charge in [0.05, 0.1) is 4.92 Å². The van der Waals surface area contributed by atoms with Crippen molar-refractivity contribution in [3.63, 3.8) is 0 Å². The van der Waals surface area contributed by atoms with Crippen molar-refractivity contribution in [2.75, 3.05) is 26.2 Å². The molecule has 0 spiro atoms. The van der Waals surface area contributed by atoms with Gasteiger partial charge in [-0.25, -0.2) is 0 Å². The largest absolute Gasteiger partial charge is 0.341 e. The molecule has 1 aliphatic heterocycles. The highest BCUT2D eigenvalue weighted by molar-refractivity contribution is 6.30. The number of halogens is 1. The molecule has 9 heteroatoms. The normalized spacial score (nSPS) is 15.5. The fourth-order valence-corrected chi connectivity index (χ4v) is 3.48. The molecule has 3 rings (SSSR count). The third-order valence-electron chi connectivity index (χ3n) is 5.04. The first kappa shape index (κ1) is 21.7. The molecule has 0 aromatic heterocycles. The minimum atomic E-state index is -0.723. The molecule has 1 saturated heterocycles. The average molecular weight is 431 g/mol. The maximum absolute atomic E-state index is 12.7. The van der Waals surface area contributed by atoms with Gasteiger partial charge in [0.15, 0.2) is 0 Å². The fourth-order valence-electron chi connectivity index (χ4n) is 3.35. The van der Waals surface area contributed by atoms with Gasteiger partial charge in [0.25, 0.3) is 11.6 Å². The summed E-state index contributed by atoms with van der Waals surface area (Å²) in [6, 6.07) is 12.4. The first-order valence-electron chi connectivity index (χ1n) is 9.64. The Morgan fingerprint density at radius 2 is 1.80 bits per heavy atom. The summed E-state index contributed by atoms with van der Waals surface area (Å²) in [5.74, 6) is -0.680. The van der Waals surface area contributed by atoms with Gasteiger partial charge in [-0.2, -0.15) is 0 Å². The maximum Gasteiger partial charge on any atom is 0.270 e. The van der Waals surface area contributed by atoms with E-state index in [-0.39, 0.29) is 17.2 Å². The Labute approximate surface area is 179 Å². The molecule has 0 saturated carbocycles. The number of carbonyl (C=O) groups excluding carboxylic acids is 2. The van der Waals surface area contributed by atoms with Gasteiger partial charge in [0.2, 0.25) is 5.91 Å². The minimum Gasteiger partial charge on any atom is -0.341 e. The van der Waals surface area contributed by atoms with Crippen molar-refractivity contribution in [1.82, 2.24) is 15.1 Å². The van der Waals surface area contributed by atoms with Crippen molar-refractivity contribution in [1.29, 1.82) is 0 Å². The van der Waals surface area contributed by atoms with Crippen LogP contribution < -0.4 is 5.32 Å². The summed E-state index contributed by atoms with van der Waals surface area (Å²) in [6.45, 7) is 5.03. The first-order chi connectivity index (χ1) is 14.3. The van der Waals surface area contributed by atoms with Gasteiger partial charge >= 0.3 is 0 Å². The van der Waals surface area contributed by atoms with Crippen LogP contribution in [0.25, 0.3) is 0 Å². The van der Waals surface area contributed by atoms with Crippen LogP contribution in [0.2, 0.25) is 5.02 Å². The predicted molar refractivity (Wildman–Crippen MR) is 113 cm³/mol. The van der Waals surface area contributed by atoms with E-state index in [0.717, 1.165) is 25.2 Å². The monoisotopic (exact) mass is 430 g/mol. The first-order valence-corrected chi connectivity index (χ1v) is 10.0. The number of amides is 2. The molecule has 2 amide bonds. The molecule has 0 bridgehead atoms. The van der Waals surface area contributed by atoms with E-state index in [4.69, 9.17) is 11.6 Å². The zero-order chi connectivity index (χ0) is 21.7. The molecule has 1 heterocycles. The van der Waals surface area contributed by atoms with E-state index in [1.165, 1.54) is 24.3 Å². The van der Waals surface area contributed by atoms with Gasteiger partial charge in [-0.3, -0.25) is 24.6 Å². The van der Waals surface area contributed by atoms with Crippen molar-refractivity contribution in [2.45, 2.75) is 19.5 Å². The molecule has 30 heavy (non-hydrogen) atoms. The lowest BCUT2D eigenvalue weighted by atomic mass is 10.1. The van der Waals surface area contributed by atoms with Crippen molar-refractivity contribution in [3.05, 3.63) is 74.8 Å². The van der Waals surface area contributed by atoms with Gasteiger partial charge in [0.1, 0.15) is 6.04 Å². The number of non-ortho nitro benzene ring substituents is 1. The van der Waals surface area contributed by atoms with Crippen LogP contribution in [0.3, 0.4) is 0 Å². The fraction of sp³-hybridized carbons (Fsp3) is 0.333. The number of hydrogen-bond donors (Lipinski definition) is 1. The smallest absolute Gasteiger partial charge is 0.270 e. The molecule has 2 aromatic carbocycles. The molecule has 2 aromatic rings. The number of nitro groups is 1. The summed E-state index contributed by atoms with van der Waals surface area (Å²) in [5.41, 5.74) is 1.15. The Kier molecular flexibility index (Phi) is 7.02. The number of carbonyl (C=O) groups is 2. The number of nitrogens with one attached hydrogen (secondary N) is 1. The zero-order valence-corrected chi connectivity index (χ0v) is 17.3. The molecule has 158 valence electrons. The molecule has 1 unspecified atom stereocenters. The summed E-state index contributed by atoms with van der Waals surface area (Å²) in [7, 11) is 0. The number of hydrogen-bond acceptors (Lipinski definition) is 5. The number of rotatable bonds is 6. The molecule has 1 N–H and O–H groups in total. The quantitative estimate of drug-likeness (QED) is 0.561. The van der Waals surface area contributed by atoms with E-state index in [1.54, 1.807) is 11.8 Å². The van der Waals surface area contributed by atoms with E-state index in [0.29, 0.717) is 18.1 Å². The lowest BCUT2D eigenvalue weighted by Gasteiger charge is -2.36. The van der Waals surface area contributed by atoms with E-state index in [2.05, 4.69) is 10.2 Å². The van der Waals surface area contributed by atoms with Crippen LogP contribution in [0.15, 0.2) is 48.5 Å². The predicted octanol–water partition coefficient (Wildman–Crippen LogP) is 2.71. The SMILES string of the molecule is CC(NC(=O)c1cccc([N+](=O)[O-])c1)C(=O)N1CCN(Cc2ccc(Cl)cc2)CC1. The van der Waals surface area contributed by atoms with Crippen molar-refractivity contribution in [2.24, 2.45) is 0 Å². The van der Waals surface area contributed by atoms with E-state index >= 15 is 0 Å². The molecule has 0 aliphatic carbocycles. The maximum atomic E-state index is 12.7. The van der Waals surface area contributed by atoms with Crippen LogP contribution in [0, 0.1) is 10.1 Å². The van der Waals surface area contributed by atoms with Gasteiger partial charge in [-0.1, -0.05) is 29.8 Å². The lowest BCUT2D eigenvalue weighted by Crippen LogP contribution is -2.53. The molecule has 1 fully saturated rings. The standard InChI is InChI=1S/C21H23ClN4O4/c1-15(23-20(27)17-3-2-4-19(13-17)26(29)30)21(28)25-11-9-24(10-12-25)14-16-5-7-18(22)8-6-16/h2-8,13,15H,9-12,14H2,1H3,(H,23,27). The third kappa shape index (κ3) is 5.55. The van der Waals surface area contributed by atoms with Gasteiger partial charge in [0, 0.05) is 55.4 Å². The minimum absolute atomic E-state index is 0.150. The van der Waals surface area contributed by atoms with E-state index in [1.807, 2.05) is 24.3 Å². The second kappa shape index (κ2) is 9.69. The molecule has 0 radical (unpaired) electrons. The lowest BCUT2D eigenvalue weighted by molar-refractivity contribution is -0.384. The Morgan fingerprint density at radius 3 is 2.43 bits per heavy atom. The van der Waals surface area contributed by atoms with Crippen LogP contribution >= 0.6 is 11.6 Å². The molecular formula is C21H23ClN4O4. The second-order valence-corrected chi connectivity index (χ2v) is 7.67. The number of piperazine rings is 1.